The maximum absolute atomic E-state index is 13.7. The molecule has 25 heavy (non-hydrogen) atoms. The van der Waals surface area contributed by atoms with Crippen LogP contribution in [0, 0.1) is 5.82 Å². The number of rotatable bonds is 5. The number of nitrogens with one attached hydrogen (secondary N) is 1. The third kappa shape index (κ3) is 3.74. The number of ether oxygens (including phenoxy) is 1. The summed E-state index contributed by atoms with van der Waals surface area (Å²) in [6.07, 6.45) is 2.75. The molecule has 6 heteroatoms. The smallest absolute Gasteiger partial charge is 0.273 e. The number of hydrogen-bond donors (Lipinski definition) is 1. The number of carbonyl (C=O) groups excluding carboxylic acids is 1. The third-order valence-corrected chi connectivity index (χ3v) is 4.81. The van der Waals surface area contributed by atoms with E-state index in [1.54, 1.807) is 12.1 Å². The van der Waals surface area contributed by atoms with Crippen LogP contribution in [0.5, 0.6) is 0 Å². The van der Waals surface area contributed by atoms with Gasteiger partial charge in [-0.2, -0.15) is 0 Å². The van der Waals surface area contributed by atoms with Crippen molar-refractivity contribution in [3.63, 3.8) is 0 Å². The SMILES string of the molecule is CC(C)c1ocnc1C(=O)NCC1(c2cccc(F)c2)CCOCC1. The number of carbonyl (C=O) groups is 1. The molecule has 2 heterocycles. The zero-order valence-corrected chi connectivity index (χ0v) is 14.5. The van der Waals surface area contributed by atoms with Crippen LogP contribution in [-0.4, -0.2) is 30.6 Å². The van der Waals surface area contributed by atoms with Crippen LogP contribution in [-0.2, 0) is 10.2 Å². The van der Waals surface area contributed by atoms with Crippen LogP contribution in [0.15, 0.2) is 35.1 Å². The second-order valence-corrected chi connectivity index (χ2v) is 6.81. The van der Waals surface area contributed by atoms with Crippen molar-refractivity contribution in [1.82, 2.24) is 10.3 Å². The lowest BCUT2D eigenvalue weighted by molar-refractivity contribution is 0.0485. The summed E-state index contributed by atoms with van der Waals surface area (Å²) in [4.78, 5) is 16.6. The van der Waals surface area contributed by atoms with E-state index in [0.29, 0.717) is 31.2 Å². The molecule has 0 spiro atoms. The predicted octanol–water partition coefficient (Wildman–Crippen LogP) is 3.42. The molecule has 1 saturated heterocycles. The molecule has 1 amide bonds. The van der Waals surface area contributed by atoms with Gasteiger partial charge in [0.05, 0.1) is 0 Å². The summed E-state index contributed by atoms with van der Waals surface area (Å²) >= 11 is 0. The van der Waals surface area contributed by atoms with Crippen LogP contribution < -0.4 is 5.32 Å². The molecule has 0 radical (unpaired) electrons. The molecule has 5 nitrogen and oxygen atoms in total. The number of hydrogen-bond acceptors (Lipinski definition) is 4. The van der Waals surface area contributed by atoms with Gasteiger partial charge in [-0.15, -0.1) is 0 Å². The maximum Gasteiger partial charge on any atom is 0.273 e. The molecule has 0 saturated carbocycles. The van der Waals surface area contributed by atoms with Crippen LogP contribution >= 0.6 is 0 Å². The molecule has 134 valence electrons. The molecule has 1 aliphatic rings. The lowest BCUT2D eigenvalue weighted by atomic mass is 9.74. The number of halogens is 1. The normalized spacial score (nSPS) is 16.8. The molecular weight excluding hydrogens is 323 g/mol. The van der Waals surface area contributed by atoms with Gasteiger partial charge in [0.2, 0.25) is 0 Å². The number of aromatic nitrogens is 1. The lowest BCUT2D eigenvalue weighted by Crippen LogP contribution is -2.44. The van der Waals surface area contributed by atoms with Gasteiger partial charge in [0, 0.05) is 31.1 Å². The zero-order valence-electron chi connectivity index (χ0n) is 14.5. The van der Waals surface area contributed by atoms with Crippen molar-refractivity contribution in [3.8, 4) is 0 Å². The monoisotopic (exact) mass is 346 g/mol. The van der Waals surface area contributed by atoms with Crippen LogP contribution in [0.4, 0.5) is 4.39 Å². The fourth-order valence-electron chi connectivity index (χ4n) is 3.32. The van der Waals surface area contributed by atoms with E-state index in [2.05, 4.69) is 10.3 Å². The highest BCUT2D eigenvalue weighted by atomic mass is 19.1. The van der Waals surface area contributed by atoms with E-state index in [0.717, 1.165) is 18.4 Å². The van der Waals surface area contributed by atoms with Crippen LogP contribution in [0.3, 0.4) is 0 Å². The molecule has 0 atom stereocenters. The number of nitrogens with zero attached hydrogens (tertiary/aromatic N) is 1. The molecular formula is C19H23FN2O3. The predicted molar refractivity (Wildman–Crippen MR) is 91.1 cm³/mol. The Hall–Kier alpha value is -2.21. The molecule has 1 aromatic heterocycles. The van der Waals surface area contributed by atoms with Gasteiger partial charge in [-0.25, -0.2) is 9.37 Å². The topological polar surface area (TPSA) is 64.4 Å². The number of amides is 1. The summed E-state index contributed by atoms with van der Waals surface area (Å²) in [5.74, 6) is 0.112. The molecule has 0 bridgehead atoms. The van der Waals surface area contributed by atoms with Crippen molar-refractivity contribution in [2.24, 2.45) is 0 Å². The molecule has 1 fully saturated rings. The van der Waals surface area contributed by atoms with Gasteiger partial charge in [0.1, 0.15) is 11.6 Å². The number of oxazole rings is 1. The molecule has 0 aliphatic carbocycles. The average molecular weight is 346 g/mol. The van der Waals surface area contributed by atoms with E-state index in [4.69, 9.17) is 9.15 Å². The lowest BCUT2D eigenvalue weighted by Gasteiger charge is -2.38. The second-order valence-electron chi connectivity index (χ2n) is 6.81. The van der Waals surface area contributed by atoms with Crippen molar-refractivity contribution in [1.29, 1.82) is 0 Å². The standard InChI is InChI=1S/C19H23FN2O3/c1-13(2)17-16(22-12-25-17)18(23)21-11-19(6-8-24-9-7-19)14-4-3-5-15(20)10-14/h3-5,10,12-13H,6-9,11H2,1-2H3,(H,21,23). The van der Waals surface area contributed by atoms with Crippen molar-refractivity contribution >= 4 is 5.91 Å². The first kappa shape index (κ1) is 17.6. The Morgan fingerprint density at radius 2 is 2.12 bits per heavy atom. The summed E-state index contributed by atoms with van der Waals surface area (Å²) < 4.78 is 24.5. The van der Waals surface area contributed by atoms with E-state index in [1.165, 1.54) is 12.5 Å². The van der Waals surface area contributed by atoms with Crippen molar-refractivity contribution < 1.29 is 18.3 Å². The van der Waals surface area contributed by atoms with E-state index in [-0.39, 0.29) is 23.1 Å². The van der Waals surface area contributed by atoms with Crippen LogP contribution in [0.25, 0.3) is 0 Å². The van der Waals surface area contributed by atoms with Crippen LogP contribution in [0.1, 0.15) is 54.4 Å². The van der Waals surface area contributed by atoms with Gasteiger partial charge in [-0.1, -0.05) is 26.0 Å². The van der Waals surface area contributed by atoms with Crippen molar-refractivity contribution in [2.75, 3.05) is 19.8 Å². The van der Waals surface area contributed by atoms with Gasteiger partial charge >= 0.3 is 0 Å². The van der Waals surface area contributed by atoms with Gasteiger partial charge < -0.3 is 14.5 Å². The summed E-state index contributed by atoms with van der Waals surface area (Å²) in [7, 11) is 0. The first-order valence-corrected chi connectivity index (χ1v) is 8.57. The summed E-state index contributed by atoms with van der Waals surface area (Å²) in [6, 6.07) is 6.60. The molecule has 1 aliphatic heterocycles. The summed E-state index contributed by atoms with van der Waals surface area (Å²) in [6.45, 7) is 5.48. The van der Waals surface area contributed by atoms with Gasteiger partial charge in [0.25, 0.3) is 5.91 Å². The fourth-order valence-corrected chi connectivity index (χ4v) is 3.32. The van der Waals surface area contributed by atoms with Gasteiger partial charge in [0.15, 0.2) is 12.1 Å². The minimum Gasteiger partial charge on any atom is -0.447 e. The number of benzene rings is 1. The van der Waals surface area contributed by atoms with E-state index < -0.39 is 0 Å². The zero-order chi connectivity index (χ0) is 17.9. The first-order chi connectivity index (χ1) is 12.0. The highest BCUT2D eigenvalue weighted by Gasteiger charge is 2.35. The molecule has 2 aromatic rings. The minimum absolute atomic E-state index is 0.0727. The Bertz CT molecular complexity index is 736. The van der Waals surface area contributed by atoms with Crippen molar-refractivity contribution in [2.45, 2.75) is 38.0 Å². The summed E-state index contributed by atoms with van der Waals surface area (Å²) in [5, 5.41) is 2.97. The van der Waals surface area contributed by atoms with E-state index in [1.807, 2.05) is 19.9 Å². The first-order valence-electron chi connectivity index (χ1n) is 8.57. The molecule has 3 rings (SSSR count). The molecule has 0 unspecified atom stereocenters. The fraction of sp³-hybridized carbons (Fsp3) is 0.474. The van der Waals surface area contributed by atoms with Crippen LogP contribution in [0.2, 0.25) is 0 Å². The third-order valence-electron chi connectivity index (χ3n) is 4.81. The Labute approximate surface area is 146 Å². The minimum atomic E-state index is -0.336. The van der Waals surface area contributed by atoms with E-state index >= 15 is 0 Å². The van der Waals surface area contributed by atoms with E-state index in [9.17, 15) is 9.18 Å². The highest BCUT2D eigenvalue weighted by molar-refractivity contribution is 5.93. The summed E-state index contributed by atoms with van der Waals surface area (Å²) in [5.41, 5.74) is 0.870. The van der Waals surface area contributed by atoms with Gasteiger partial charge in [-0.05, 0) is 30.5 Å². The van der Waals surface area contributed by atoms with Crippen molar-refractivity contribution in [3.05, 3.63) is 53.5 Å². The average Bonchev–Trinajstić information content (AvgIpc) is 3.11. The quantitative estimate of drug-likeness (QED) is 0.901. The molecule has 1 aromatic carbocycles. The largest absolute Gasteiger partial charge is 0.447 e. The molecule has 1 N–H and O–H groups in total. The second kappa shape index (κ2) is 7.35. The van der Waals surface area contributed by atoms with Gasteiger partial charge in [-0.3, -0.25) is 4.79 Å². The Morgan fingerprint density at radius 3 is 2.80 bits per heavy atom. The Balaban J connectivity index is 1.79. The highest BCUT2D eigenvalue weighted by Crippen LogP contribution is 2.34. The maximum atomic E-state index is 13.7. The Kier molecular flexibility index (Phi) is 5.18. The Morgan fingerprint density at radius 1 is 1.36 bits per heavy atom.